The van der Waals surface area contributed by atoms with Gasteiger partial charge < -0.3 is 5.11 Å². The zero-order chi connectivity index (χ0) is 12.3. The maximum absolute atomic E-state index is 10.5. The Morgan fingerprint density at radius 1 is 1.06 bits per heavy atom. The Bertz CT molecular complexity index is 465. The first-order chi connectivity index (χ1) is 8.12. The molecule has 0 fully saturated rings. The minimum absolute atomic E-state index is 0.352. The normalized spacial score (nSPS) is 13.4. The van der Waals surface area contributed by atoms with Crippen LogP contribution in [0.3, 0.4) is 0 Å². The fraction of sp³-hybridized carbons (Fsp3) is 0.267. The van der Waals surface area contributed by atoms with E-state index in [1.54, 1.807) is 6.20 Å². The third-order valence-corrected chi connectivity index (χ3v) is 3.20. The highest BCUT2D eigenvalue weighted by molar-refractivity contribution is 5.28. The summed E-state index contributed by atoms with van der Waals surface area (Å²) >= 11 is 0. The molecule has 0 spiro atoms. The maximum atomic E-state index is 10.5. The molecule has 2 aromatic rings. The zero-order valence-corrected chi connectivity index (χ0v) is 10.2. The number of aliphatic hydroxyl groups excluding tert-OH is 1. The summed E-state index contributed by atoms with van der Waals surface area (Å²) in [5, 5.41) is 10.5. The molecule has 0 saturated heterocycles. The van der Waals surface area contributed by atoms with Gasteiger partial charge in [0.25, 0.3) is 0 Å². The van der Waals surface area contributed by atoms with Crippen LogP contribution in [0.4, 0.5) is 0 Å². The topological polar surface area (TPSA) is 33.1 Å². The quantitative estimate of drug-likeness (QED) is 0.874. The van der Waals surface area contributed by atoms with Crippen LogP contribution in [0.5, 0.6) is 0 Å². The zero-order valence-electron chi connectivity index (χ0n) is 10.2. The van der Waals surface area contributed by atoms with Crippen molar-refractivity contribution < 1.29 is 5.11 Å². The lowest BCUT2D eigenvalue weighted by Crippen LogP contribution is -2.26. The van der Waals surface area contributed by atoms with Crippen LogP contribution in [-0.4, -0.2) is 10.1 Å². The van der Waals surface area contributed by atoms with E-state index in [1.165, 1.54) is 0 Å². The van der Waals surface area contributed by atoms with Gasteiger partial charge in [0.15, 0.2) is 0 Å². The van der Waals surface area contributed by atoms with E-state index in [9.17, 15) is 5.11 Å². The first-order valence-electron chi connectivity index (χ1n) is 5.76. The maximum Gasteiger partial charge on any atom is 0.0881 e. The Balaban J connectivity index is 2.33. The molecule has 2 nitrogen and oxygen atoms in total. The molecule has 1 heterocycles. The first kappa shape index (κ1) is 11.8. The molecule has 0 amide bonds. The molecule has 1 atom stereocenters. The molecule has 0 bridgehead atoms. The van der Waals surface area contributed by atoms with Gasteiger partial charge >= 0.3 is 0 Å². The van der Waals surface area contributed by atoms with Crippen LogP contribution in [0.1, 0.15) is 31.1 Å². The van der Waals surface area contributed by atoms with Crippen LogP contribution in [0.2, 0.25) is 0 Å². The number of rotatable bonds is 3. The van der Waals surface area contributed by atoms with Crippen molar-refractivity contribution in [2.45, 2.75) is 25.4 Å². The number of aliphatic hydroxyl groups is 1. The van der Waals surface area contributed by atoms with Gasteiger partial charge in [-0.2, -0.15) is 0 Å². The third-order valence-electron chi connectivity index (χ3n) is 3.20. The van der Waals surface area contributed by atoms with E-state index < -0.39 is 6.10 Å². The molecule has 0 aliphatic heterocycles. The highest BCUT2D eigenvalue weighted by Crippen LogP contribution is 2.36. The highest BCUT2D eigenvalue weighted by atomic mass is 16.3. The lowest BCUT2D eigenvalue weighted by atomic mass is 9.77. The monoisotopic (exact) mass is 227 g/mol. The van der Waals surface area contributed by atoms with Gasteiger partial charge in [-0.15, -0.1) is 0 Å². The first-order valence-corrected chi connectivity index (χ1v) is 5.76. The van der Waals surface area contributed by atoms with E-state index in [2.05, 4.69) is 4.98 Å². The second-order valence-electron chi connectivity index (χ2n) is 4.78. The van der Waals surface area contributed by atoms with Gasteiger partial charge in [0.1, 0.15) is 0 Å². The molecular weight excluding hydrogens is 210 g/mol. The van der Waals surface area contributed by atoms with E-state index in [0.717, 1.165) is 11.1 Å². The molecule has 0 aliphatic carbocycles. The smallest absolute Gasteiger partial charge is 0.0881 e. The lowest BCUT2D eigenvalue weighted by Gasteiger charge is -2.31. The second kappa shape index (κ2) is 4.68. The number of benzene rings is 1. The minimum Gasteiger partial charge on any atom is -0.388 e. The van der Waals surface area contributed by atoms with Gasteiger partial charge in [-0.05, 0) is 17.2 Å². The molecule has 88 valence electrons. The summed E-state index contributed by atoms with van der Waals surface area (Å²) in [6.45, 7) is 4.06. The van der Waals surface area contributed by atoms with Crippen molar-refractivity contribution in [3.05, 3.63) is 66.0 Å². The Morgan fingerprint density at radius 2 is 1.76 bits per heavy atom. The molecule has 2 heteroatoms. The number of hydrogen-bond acceptors (Lipinski definition) is 2. The average molecular weight is 227 g/mol. The Morgan fingerprint density at radius 3 is 2.35 bits per heavy atom. The average Bonchev–Trinajstić information content (AvgIpc) is 2.40. The fourth-order valence-corrected chi connectivity index (χ4v) is 1.95. The largest absolute Gasteiger partial charge is 0.388 e. The fourth-order valence-electron chi connectivity index (χ4n) is 1.95. The molecular formula is C15H17NO. The lowest BCUT2D eigenvalue weighted by molar-refractivity contribution is 0.100. The highest BCUT2D eigenvalue weighted by Gasteiger charge is 2.30. The van der Waals surface area contributed by atoms with Crippen molar-refractivity contribution in [2.24, 2.45) is 0 Å². The summed E-state index contributed by atoms with van der Waals surface area (Å²) < 4.78 is 0. The van der Waals surface area contributed by atoms with Crippen LogP contribution in [0.25, 0.3) is 0 Å². The predicted octanol–water partition coefficient (Wildman–Crippen LogP) is 3.09. The van der Waals surface area contributed by atoms with Crippen LogP contribution in [0, 0.1) is 0 Å². The van der Waals surface area contributed by atoms with Crippen molar-refractivity contribution in [3.8, 4) is 0 Å². The molecule has 1 aromatic heterocycles. The molecule has 0 aliphatic rings. The number of nitrogens with zero attached hydrogens (tertiary/aromatic N) is 1. The van der Waals surface area contributed by atoms with Crippen LogP contribution in [-0.2, 0) is 5.41 Å². The van der Waals surface area contributed by atoms with E-state index in [4.69, 9.17) is 0 Å². The molecule has 17 heavy (non-hydrogen) atoms. The number of aromatic nitrogens is 1. The van der Waals surface area contributed by atoms with Crippen molar-refractivity contribution in [1.82, 2.24) is 4.98 Å². The van der Waals surface area contributed by atoms with Crippen LogP contribution < -0.4 is 0 Å². The molecule has 2 rings (SSSR count). The molecule has 0 radical (unpaired) electrons. The van der Waals surface area contributed by atoms with Gasteiger partial charge in [-0.3, -0.25) is 4.98 Å². The summed E-state index contributed by atoms with van der Waals surface area (Å²) in [4.78, 5) is 4.12. The van der Waals surface area contributed by atoms with Gasteiger partial charge in [0.2, 0.25) is 0 Å². The van der Waals surface area contributed by atoms with Crippen LogP contribution in [0.15, 0.2) is 54.9 Å². The van der Waals surface area contributed by atoms with Crippen molar-refractivity contribution in [3.63, 3.8) is 0 Å². The molecule has 0 unspecified atom stereocenters. The summed E-state index contributed by atoms with van der Waals surface area (Å²) in [5.41, 5.74) is 1.62. The molecule has 0 saturated carbocycles. The van der Waals surface area contributed by atoms with Gasteiger partial charge in [-0.25, -0.2) is 0 Å². The van der Waals surface area contributed by atoms with Crippen molar-refractivity contribution in [1.29, 1.82) is 0 Å². The summed E-state index contributed by atoms with van der Waals surface area (Å²) in [6.07, 6.45) is 3.02. The number of pyridine rings is 1. The molecule has 1 N–H and O–H groups in total. The van der Waals surface area contributed by atoms with Gasteiger partial charge in [0.05, 0.1) is 6.10 Å². The summed E-state index contributed by atoms with van der Waals surface area (Å²) in [6, 6.07) is 13.6. The Kier molecular flexibility index (Phi) is 3.25. The summed E-state index contributed by atoms with van der Waals surface area (Å²) in [7, 11) is 0. The van der Waals surface area contributed by atoms with E-state index in [-0.39, 0.29) is 5.41 Å². The SMILES string of the molecule is CC(C)(c1cccnc1)[C@@H](O)c1ccccc1. The second-order valence-corrected chi connectivity index (χ2v) is 4.78. The summed E-state index contributed by atoms with van der Waals surface area (Å²) in [5.74, 6) is 0. The van der Waals surface area contributed by atoms with Crippen molar-refractivity contribution >= 4 is 0 Å². The van der Waals surface area contributed by atoms with Crippen LogP contribution >= 0.6 is 0 Å². The van der Waals surface area contributed by atoms with Crippen molar-refractivity contribution in [2.75, 3.05) is 0 Å². The van der Waals surface area contributed by atoms with E-state index >= 15 is 0 Å². The van der Waals surface area contributed by atoms with E-state index in [0.29, 0.717) is 0 Å². The molecule has 1 aromatic carbocycles. The third kappa shape index (κ3) is 2.37. The standard InChI is InChI=1S/C15H17NO/c1-15(2,13-9-6-10-16-11-13)14(17)12-7-4-3-5-8-12/h3-11,14,17H,1-2H3/t14-/m0/s1. The van der Waals surface area contributed by atoms with Gasteiger partial charge in [-0.1, -0.05) is 50.2 Å². The minimum atomic E-state index is -0.534. The Labute approximate surface area is 102 Å². The van der Waals surface area contributed by atoms with Gasteiger partial charge in [0, 0.05) is 17.8 Å². The predicted molar refractivity (Wildman–Crippen MR) is 68.7 cm³/mol. The van der Waals surface area contributed by atoms with E-state index in [1.807, 2.05) is 62.5 Å². The Hall–Kier alpha value is -1.67. The number of hydrogen-bond donors (Lipinski definition) is 1.